The second kappa shape index (κ2) is 6.50. The molecule has 19 heavy (non-hydrogen) atoms. The minimum atomic E-state index is -0.340. The van der Waals surface area contributed by atoms with E-state index >= 15 is 0 Å². The van der Waals surface area contributed by atoms with Gasteiger partial charge in [-0.3, -0.25) is 4.79 Å². The van der Waals surface area contributed by atoms with Gasteiger partial charge in [-0.1, -0.05) is 0 Å². The summed E-state index contributed by atoms with van der Waals surface area (Å²) in [7, 11) is 0. The Balaban J connectivity index is 1.75. The zero-order valence-corrected chi connectivity index (χ0v) is 12.5. The van der Waals surface area contributed by atoms with Crippen LogP contribution in [0.3, 0.4) is 0 Å². The van der Waals surface area contributed by atoms with Gasteiger partial charge in [0.2, 0.25) is 5.91 Å². The molecule has 1 aliphatic heterocycles. The number of hydrogen-bond acceptors (Lipinski definition) is 4. The Labute approximate surface area is 119 Å². The average Bonchev–Trinajstić information content (AvgIpc) is 2.86. The molecule has 2 heterocycles. The van der Waals surface area contributed by atoms with E-state index in [1.165, 1.54) is 30.8 Å². The van der Waals surface area contributed by atoms with Gasteiger partial charge in [-0.2, -0.15) is 0 Å². The van der Waals surface area contributed by atoms with Crippen molar-refractivity contribution in [3.8, 4) is 0 Å². The predicted molar refractivity (Wildman–Crippen MR) is 79.4 cm³/mol. The van der Waals surface area contributed by atoms with E-state index in [-0.39, 0.29) is 5.91 Å². The van der Waals surface area contributed by atoms with Crippen LogP contribution in [0, 0.1) is 0 Å². The second-order valence-electron chi connectivity index (χ2n) is 5.45. The van der Waals surface area contributed by atoms with Gasteiger partial charge in [-0.15, -0.1) is 11.3 Å². The molecular formula is C14H23N3OS. The van der Waals surface area contributed by atoms with Gasteiger partial charge in [-0.05, 0) is 45.8 Å². The Morgan fingerprint density at radius 3 is 2.74 bits per heavy atom. The maximum atomic E-state index is 11.0. The second-order valence-corrected chi connectivity index (χ2v) is 6.45. The molecule has 1 aliphatic rings. The number of likely N-dealkylation sites (tertiary alicyclic amines) is 1. The first-order valence-corrected chi connectivity index (χ1v) is 7.79. The number of nitrogens with two attached hydrogens (primary N) is 1. The van der Waals surface area contributed by atoms with Crippen LogP contribution in [0.1, 0.15) is 41.9 Å². The van der Waals surface area contributed by atoms with E-state index in [4.69, 9.17) is 5.73 Å². The van der Waals surface area contributed by atoms with E-state index in [2.05, 4.69) is 24.1 Å². The fourth-order valence-corrected chi connectivity index (χ4v) is 3.29. The normalized spacial score (nSPS) is 18.1. The lowest BCUT2D eigenvalue weighted by atomic mass is 10.0. The van der Waals surface area contributed by atoms with E-state index in [0.717, 1.165) is 6.54 Å². The number of nitrogens with zero attached hydrogens (tertiary/aromatic N) is 1. The SMILES string of the molecule is CC(C)N1CCC(NCc2cc(C(N)=O)cs2)CC1. The number of carbonyl (C=O) groups excluding carboxylic acids is 1. The maximum Gasteiger partial charge on any atom is 0.249 e. The first-order valence-electron chi connectivity index (χ1n) is 6.91. The van der Waals surface area contributed by atoms with Gasteiger partial charge >= 0.3 is 0 Å². The van der Waals surface area contributed by atoms with Gasteiger partial charge < -0.3 is 16.0 Å². The third-order valence-electron chi connectivity index (χ3n) is 3.76. The number of amides is 1. The number of nitrogens with one attached hydrogen (secondary N) is 1. The smallest absolute Gasteiger partial charge is 0.249 e. The highest BCUT2D eigenvalue weighted by molar-refractivity contribution is 7.10. The lowest BCUT2D eigenvalue weighted by molar-refractivity contribution is 0.100. The van der Waals surface area contributed by atoms with E-state index in [1.54, 1.807) is 11.3 Å². The van der Waals surface area contributed by atoms with Crippen LogP contribution in [0.25, 0.3) is 0 Å². The van der Waals surface area contributed by atoms with Crippen molar-refractivity contribution in [2.75, 3.05) is 13.1 Å². The van der Waals surface area contributed by atoms with Gasteiger partial charge in [0, 0.05) is 28.9 Å². The number of piperidine rings is 1. The highest BCUT2D eigenvalue weighted by Crippen LogP contribution is 2.17. The van der Waals surface area contributed by atoms with E-state index in [9.17, 15) is 4.79 Å². The zero-order chi connectivity index (χ0) is 13.8. The summed E-state index contributed by atoms with van der Waals surface area (Å²) in [6.45, 7) is 7.69. The predicted octanol–water partition coefficient (Wildman–Crippen LogP) is 1.81. The molecule has 1 saturated heterocycles. The average molecular weight is 281 g/mol. The minimum absolute atomic E-state index is 0.340. The fourth-order valence-electron chi connectivity index (χ4n) is 2.47. The molecule has 1 aromatic rings. The fraction of sp³-hybridized carbons (Fsp3) is 0.643. The molecule has 1 amide bonds. The molecule has 0 spiro atoms. The summed E-state index contributed by atoms with van der Waals surface area (Å²) in [5.41, 5.74) is 5.87. The van der Waals surface area contributed by atoms with Gasteiger partial charge in [0.25, 0.3) is 0 Å². The van der Waals surface area contributed by atoms with Gasteiger partial charge in [0.05, 0.1) is 5.56 Å². The summed E-state index contributed by atoms with van der Waals surface area (Å²) < 4.78 is 0. The minimum Gasteiger partial charge on any atom is -0.366 e. The molecule has 1 fully saturated rings. The number of primary amides is 1. The van der Waals surface area contributed by atoms with E-state index < -0.39 is 0 Å². The molecule has 4 nitrogen and oxygen atoms in total. The van der Waals surface area contributed by atoms with Crippen molar-refractivity contribution >= 4 is 17.2 Å². The van der Waals surface area contributed by atoms with Crippen molar-refractivity contribution in [3.05, 3.63) is 21.9 Å². The molecule has 0 unspecified atom stereocenters. The molecule has 106 valence electrons. The van der Waals surface area contributed by atoms with Crippen LogP contribution in [0.5, 0.6) is 0 Å². The standard InChI is InChI=1S/C14H23N3OS/c1-10(2)17-5-3-12(4-6-17)16-8-13-7-11(9-19-13)14(15)18/h7,9-10,12,16H,3-6,8H2,1-2H3,(H2,15,18). The van der Waals surface area contributed by atoms with Crippen LogP contribution in [-0.2, 0) is 6.54 Å². The Morgan fingerprint density at radius 2 is 2.21 bits per heavy atom. The molecule has 0 bridgehead atoms. The van der Waals surface area contributed by atoms with Crippen molar-refractivity contribution in [1.29, 1.82) is 0 Å². The van der Waals surface area contributed by atoms with Crippen LogP contribution in [-0.4, -0.2) is 36.0 Å². The molecule has 0 saturated carbocycles. The molecule has 0 aromatic carbocycles. The summed E-state index contributed by atoms with van der Waals surface area (Å²) in [6, 6.07) is 3.13. The summed E-state index contributed by atoms with van der Waals surface area (Å²) in [6.07, 6.45) is 2.40. The molecule has 5 heteroatoms. The topological polar surface area (TPSA) is 58.4 Å². The van der Waals surface area contributed by atoms with Crippen LogP contribution < -0.4 is 11.1 Å². The molecule has 0 atom stereocenters. The third kappa shape index (κ3) is 4.03. The van der Waals surface area contributed by atoms with Gasteiger partial charge in [-0.25, -0.2) is 0 Å². The third-order valence-corrected chi connectivity index (χ3v) is 4.70. The van der Waals surface area contributed by atoms with Crippen molar-refractivity contribution in [2.45, 2.75) is 45.3 Å². The Morgan fingerprint density at radius 1 is 1.53 bits per heavy atom. The molecule has 2 rings (SSSR count). The number of carbonyl (C=O) groups is 1. The van der Waals surface area contributed by atoms with Gasteiger partial charge in [0.15, 0.2) is 0 Å². The summed E-state index contributed by atoms with van der Waals surface area (Å²) in [4.78, 5) is 14.7. The van der Waals surface area contributed by atoms with Crippen molar-refractivity contribution in [3.63, 3.8) is 0 Å². The highest BCUT2D eigenvalue weighted by Gasteiger charge is 2.20. The van der Waals surface area contributed by atoms with E-state index in [0.29, 0.717) is 17.6 Å². The number of thiophene rings is 1. The van der Waals surface area contributed by atoms with Crippen molar-refractivity contribution in [1.82, 2.24) is 10.2 Å². The molecule has 0 aliphatic carbocycles. The number of hydrogen-bond donors (Lipinski definition) is 2. The lowest BCUT2D eigenvalue weighted by Crippen LogP contribution is -2.44. The summed E-state index contributed by atoms with van der Waals surface area (Å²) in [5.74, 6) is -0.340. The highest BCUT2D eigenvalue weighted by atomic mass is 32.1. The van der Waals surface area contributed by atoms with Gasteiger partial charge in [0.1, 0.15) is 0 Å². The largest absolute Gasteiger partial charge is 0.366 e. The Bertz CT molecular complexity index is 422. The van der Waals surface area contributed by atoms with E-state index in [1.807, 2.05) is 11.4 Å². The summed E-state index contributed by atoms with van der Waals surface area (Å²) in [5, 5.41) is 5.42. The molecule has 3 N–H and O–H groups in total. The van der Waals surface area contributed by atoms with Crippen molar-refractivity contribution < 1.29 is 4.79 Å². The van der Waals surface area contributed by atoms with Crippen LogP contribution >= 0.6 is 11.3 Å². The first kappa shape index (κ1) is 14.5. The monoisotopic (exact) mass is 281 g/mol. The number of rotatable bonds is 5. The Kier molecular flexibility index (Phi) is 4.96. The molecule has 1 aromatic heterocycles. The first-order chi connectivity index (χ1) is 9.06. The zero-order valence-electron chi connectivity index (χ0n) is 11.7. The summed E-state index contributed by atoms with van der Waals surface area (Å²) >= 11 is 1.60. The van der Waals surface area contributed by atoms with Crippen molar-refractivity contribution in [2.24, 2.45) is 5.73 Å². The van der Waals surface area contributed by atoms with Crippen LogP contribution in [0.2, 0.25) is 0 Å². The maximum absolute atomic E-state index is 11.0. The van der Waals surface area contributed by atoms with Crippen LogP contribution in [0.15, 0.2) is 11.4 Å². The molecule has 0 radical (unpaired) electrons. The molecular weight excluding hydrogens is 258 g/mol. The Hall–Kier alpha value is -0.910. The lowest BCUT2D eigenvalue weighted by Gasteiger charge is -2.34. The quantitative estimate of drug-likeness (QED) is 0.865. The van der Waals surface area contributed by atoms with Crippen LogP contribution in [0.4, 0.5) is 0 Å².